The highest BCUT2D eigenvalue weighted by Gasteiger charge is 2.07. The minimum Gasteiger partial charge on any atom is -0.0999 e. The minimum absolute atomic E-state index is 0.705. The molecule has 0 fully saturated rings. The molecule has 0 saturated carbocycles. The molecule has 0 nitrogen and oxygen atoms in total. The van der Waals surface area contributed by atoms with Gasteiger partial charge in [0.15, 0.2) is 0 Å². The van der Waals surface area contributed by atoms with E-state index in [1.165, 1.54) is 24.8 Å². The molecule has 0 radical (unpaired) electrons. The van der Waals surface area contributed by atoms with Crippen molar-refractivity contribution in [2.75, 3.05) is 0 Å². The van der Waals surface area contributed by atoms with E-state index >= 15 is 0 Å². The van der Waals surface area contributed by atoms with Crippen LogP contribution in [0.1, 0.15) is 47.0 Å². The van der Waals surface area contributed by atoms with Crippen molar-refractivity contribution in [3.8, 4) is 0 Å². The van der Waals surface area contributed by atoms with E-state index in [0.717, 1.165) is 5.92 Å². The molecule has 0 heteroatoms. The van der Waals surface area contributed by atoms with Crippen LogP contribution in [0.5, 0.6) is 0 Å². The Kier molecular flexibility index (Phi) is 5.27. The summed E-state index contributed by atoms with van der Waals surface area (Å²) in [5.74, 6) is 1.57. The SMILES string of the molecule is C=C(C)C(C)CC(C)CCC. The maximum absolute atomic E-state index is 3.97. The Balaban J connectivity index is 3.56. The molecular formula is C11H22. The van der Waals surface area contributed by atoms with E-state index in [4.69, 9.17) is 0 Å². The molecule has 0 saturated heterocycles. The van der Waals surface area contributed by atoms with Gasteiger partial charge in [-0.3, -0.25) is 0 Å². The van der Waals surface area contributed by atoms with Crippen molar-refractivity contribution in [2.45, 2.75) is 47.0 Å². The summed E-state index contributed by atoms with van der Waals surface area (Å²) in [6.07, 6.45) is 3.98. The predicted molar refractivity (Wildman–Crippen MR) is 52.7 cm³/mol. The van der Waals surface area contributed by atoms with Crippen molar-refractivity contribution in [3.63, 3.8) is 0 Å². The molecule has 0 aliphatic heterocycles. The van der Waals surface area contributed by atoms with Crippen molar-refractivity contribution >= 4 is 0 Å². The van der Waals surface area contributed by atoms with Crippen LogP contribution in [0, 0.1) is 11.8 Å². The molecule has 66 valence electrons. The lowest BCUT2D eigenvalue weighted by Crippen LogP contribution is -2.03. The molecule has 2 atom stereocenters. The van der Waals surface area contributed by atoms with Crippen LogP contribution in [-0.2, 0) is 0 Å². The van der Waals surface area contributed by atoms with Gasteiger partial charge in [0.1, 0.15) is 0 Å². The van der Waals surface area contributed by atoms with E-state index < -0.39 is 0 Å². The molecule has 0 N–H and O–H groups in total. The topological polar surface area (TPSA) is 0 Å². The Morgan fingerprint density at radius 1 is 1.36 bits per heavy atom. The molecule has 0 amide bonds. The first-order valence-electron chi connectivity index (χ1n) is 4.73. The highest BCUT2D eigenvalue weighted by atomic mass is 14.1. The quantitative estimate of drug-likeness (QED) is 0.524. The largest absolute Gasteiger partial charge is 0.0999 e. The summed E-state index contributed by atoms with van der Waals surface area (Å²) < 4.78 is 0. The van der Waals surface area contributed by atoms with Crippen molar-refractivity contribution in [3.05, 3.63) is 12.2 Å². The van der Waals surface area contributed by atoms with Crippen LogP contribution >= 0.6 is 0 Å². The predicted octanol–water partition coefficient (Wildman–Crippen LogP) is 4.02. The van der Waals surface area contributed by atoms with Crippen molar-refractivity contribution in [1.29, 1.82) is 0 Å². The summed E-state index contributed by atoms with van der Waals surface area (Å²) in [6, 6.07) is 0. The third-order valence-electron chi connectivity index (χ3n) is 2.38. The minimum atomic E-state index is 0.705. The van der Waals surface area contributed by atoms with Crippen LogP contribution in [0.15, 0.2) is 12.2 Å². The van der Waals surface area contributed by atoms with E-state index in [-0.39, 0.29) is 0 Å². The highest BCUT2D eigenvalue weighted by Crippen LogP contribution is 2.20. The molecule has 0 heterocycles. The van der Waals surface area contributed by atoms with Crippen LogP contribution in [0.3, 0.4) is 0 Å². The first-order chi connectivity index (χ1) is 5.07. The van der Waals surface area contributed by atoms with Gasteiger partial charge >= 0.3 is 0 Å². The van der Waals surface area contributed by atoms with Gasteiger partial charge in [-0.1, -0.05) is 45.8 Å². The Labute approximate surface area is 71.7 Å². The molecule has 0 aliphatic carbocycles. The van der Waals surface area contributed by atoms with Gasteiger partial charge in [-0.25, -0.2) is 0 Å². The number of rotatable bonds is 5. The van der Waals surface area contributed by atoms with Gasteiger partial charge in [0.2, 0.25) is 0 Å². The molecule has 0 aliphatic rings. The fourth-order valence-electron chi connectivity index (χ4n) is 1.42. The Morgan fingerprint density at radius 2 is 1.91 bits per heavy atom. The van der Waals surface area contributed by atoms with Gasteiger partial charge in [0, 0.05) is 0 Å². The lowest BCUT2D eigenvalue weighted by molar-refractivity contribution is 0.424. The van der Waals surface area contributed by atoms with Crippen LogP contribution < -0.4 is 0 Å². The summed E-state index contributed by atoms with van der Waals surface area (Å²) in [6.45, 7) is 13.0. The van der Waals surface area contributed by atoms with Gasteiger partial charge in [0.05, 0.1) is 0 Å². The summed E-state index contributed by atoms with van der Waals surface area (Å²) in [4.78, 5) is 0. The van der Waals surface area contributed by atoms with E-state index in [9.17, 15) is 0 Å². The van der Waals surface area contributed by atoms with Crippen molar-refractivity contribution < 1.29 is 0 Å². The summed E-state index contributed by atoms with van der Waals surface area (Å²) in [5, 5.41) is 0. The van der Waals surface area contributed by atoms with E-state index in [0.29, 0.717) is 5.92 Å². The van der Waals surface area contributed by atoms with E-state index in [1.807, 2.05) is 0 Å². The highest BCUT2D eigenvalue weighted by molar-refractivity contribution is 4.94. The average molecular weight is 154 g/mol. The van der Waals surface area contributed by atoms with Gasteiger partial charge in [-0.2, -0.15) is 0 Å². The van der Waals surface area contributed by atoms with Gasteiger partial charge in [0.25, 0.3) is 0 Å². The zero-order valence-corrected chi connectivity index (χ0v) is 8.48. The second kappa shape index (κ2) is 5.40. The van der Waals surface area contributed by atoms with Crippen LogP contribution in [-0.4, -0.2) is 0 Å². The first-order valence-corrected chi connectivity index (χ1v) is 4.73. The summed E-state index contributed by atoms with van der Waals surface area (Å²) in [7, 11) is 0. The molecule has 2 unspecified atom stereocenters. The molecule has 0 rings (SSSR count). The van der Waals surface area contributed by atoms with Crippen LogP contribution in [0.25, 0.3) is 0 Å². The molecule has 0 aromatic carbocycles. The third kappa shape index (κ3) is 5.06. The fraction of sp³-hybridized carbons (Fsp3) is 0.818. The Hall–Kier alpha value is -0.260. The zero-order valence-electron chi connectivity index (χ0n) is 8.48. The summed E-state index contributed by atoms with van der Waals surface area (Å²) >= 11 is 0. The maximum Gasteiger partial charge on any atom is -0.0235 e. The maximum atomic E-state index is 3.97. The monoisotopic (exact) mass is 154 g/mol. The number of allylic oxidation sites excluding steroid dienone is 1. The second-order valence-corrected chi connectivity index (χ2v) is 3.88. The van der Waals surface area contributed by atoms with E-state index in [2.05, 4.69) is 34.3 Å². The average Bonchev–Trinajstić information content (AvgIpc) is 1.87. The smallest absolute Gasteiger partial charge is 0.0235 e. The van der Waals surface area contributed by atoms with Crippen molar-refractivity contribution in [1.82, 2.24) is 0 Å². The van der Waals surface area contributed by atoms with Gasteiger partial charge < -0.3 is 0 Å². The third-order valence-corrected chi connectivity index (χ3v) is 2.38. The fourth-order valence-corrected chi connectivity index (χ4v) is 1.42. The standard InChI is InChI=1S/C11H22/c1-6-7-10(4)8-11(5)9(2)3/h10-11H,2,6-8H2,1,3-5H3. The first kappa shape index (κ1) is 10.7. The molecule has 0 aromatic rings. The summed E-state index contributed by atoms with van der Waals surface area (Å²) in [5.41, 5.74) is 1.33. The van der Waals surface area contributed by atoms with Crippen molar-refractivity contribution in [2.24, 2.45) is 11.8 Å². The lowest BCUT2D eigenvalue weighted by atomic mass is 9.90. The Morgan fingerprint density at radius 3 is 2.27 bits per heavy atom. The molecule has 11 heavy (non-hydrogen) atoms. The number of hydrogen-bond acceptors (Lipinski definition) is 0. The molecule has 0 spiro atoms. The second-order valence-electron chi connectivity index (χ2n) is 3.88. The number of hydrogen-bond donors (Lipinski definition) is 0. The molecule has 0 bridgehead atoms. The zero-order chi connectivity index (χ0) is 8.85. The van der Waals surface area contributed by atoms with Crippen LogP contribution in [0.2, 0.25) is 0 Å². The van der Waals surface area contributed by atoms with Crippen LogP contribution in [0.4, 0.5) is 0 Å². The molecular weight excluding hydrogens is 132 g/mol. The lowest BCUT2D eigenvalue weighted by Gasteiger charge is -2.16. The van der Waals surface area contributed by atoms with E-state index in [1.54, 1.807) is 0 Å². The Bertz CT molecular complexity index is 113. The van der Waals surface area contributed by atoms with Gasteiger partial charge in [-0.15, -0.1) is 0 Å². The molecule has 0 aromatic heterocycles. The normalized spacial score (nSPS) is 16.0. The van der Waals surface area contributed by atoms with Gasteiger partial charge in [-0.05, 0) is 25.2 Å².